The Balaban J connectivity index is 2.36. The molecule has 0 aliphatic heterocycles. The number of carbonyl (C=O) groups excluding carboxylic acids is 1. The Morgan fingerprint density at radius 3 is 2.44 bits per heavy atom. The molecule has 1 amide bonds. The fraction of sp³-hybridized carbons (Fsp3) is 0.417. The van der Waals surface area contributed by atoms with Gasteiger partial charge in [0.05, 0.1) is 0 Å². The molecule has 0 unspecified atom stereocenters. The highest BCUT2D eigenvalue weighted by atomic mass is 35.5. The first-order valence-corrected chi connectivity index (χ1v) is 5.52. The Hall–Kier alpha value is -1.06. The third-order valence-electron chi connectivity index (χ3n) is 2.17. The molecule has 0 heterocycles. The molecule has 0 bridgehead atoms. The van der Waals surface area contributed by atoms with E-state index in [0.717, 1.165) is 12.0 Å². The number of benzene rings is 1. The van der Waals surface area contributed by atoms with Crippen molar-refractivity contribution < 1.29 is 9.90 Å². The number of aliphatic hydroxyl groups is 1. The molecule has 0 fully saturated rings. The van der Waals surface area contributed by atoms with Crippen molar-refractivity contribution in [2.75, 3.05) is 6.54 Å². The Labute approximate surface area is 100 Å². The van der Waals surface area contributed by atoms with E-state index in [4.69, 9.17) is 11.6 Å². The van der Waals surface area contributed by atoms with Crippen molar-refractivity contribution in [3.8, 4) is 0 Å². The lowest BCUT2D eigenvalue weighted by molar-refractivity contribution is -0.136. The van der Waals surface area contributed by atoms with Gasteiger partial charge in [-0.3, -0.25) is 4.79 Å². The zero-order valence-electron chi connectivity index (χ0n) is 9.46. The molecule has 1 aromatic carbocycles. The summed E-state index contributed by atoms with van der Waals surface area (Å²) in [7, 11) is 0. The van der Waals surface area contributed by atoms with Gasteiger partial charge in [0.25, 0.3) is 5.91 Å². The molecular weight excluding hydrogens is 226 g/mol. The molecule has 0 aliphatic rings. The van der Waals surface area contributed by atoms with Crippen molar-refractivity contribution >= 4 is 17.5 Å². The van der Waals surface area contributed by atoms with Crippen LogP contribution in [-0.2, 0) is 11.2 Å². The van der Waals surface area contributed by atoms with E-state index in [1.54, 1.807) is 0 Å². The van der Waals surface area contributed by atoms with Crippen LogP contribution < -0.4 is 5.32 Å². The molecule has 0 atom stereocenters. The van der Waals surface area contributed by atoms with Crippen molar-refractivity contribution in [1.82, 2.24) is 5.32 Å². The standard InChI is InChI=1S/C12H16ClNO2/c1-12(2,16)11(15)14-8-7-9-3-5-10(13)6-4-9/h3-6,16H,7-8H2,1-2H3,(H,14,15). The van der Waals surface area contributed by atoms with Crippen molar-refractivity contribution in [2.24, 2.45) is 0 Å². The molecule has 1 aromatic rings. The highest BCUT2D eigenvalue weighted by molar-refractivity contribution is 6.30. The van der Waals surface area contributed by atoms with Gasteiger partial charge in [-0.2, -0.15) is 0 Å². The molecule has 1 rings (SSSR count). The lowest BCUT2D eigenvalue weighted by Gasteiger charge is -2.16. The summed E-state index contributed by atoms with van der Waals surface area (Å²) in [4.78, 5) is 11.3. The van der Waals surface area contributed by atoms with Crippen LogP contribution in [0.3, 0.4) is 0 Å². The van der Waals surface area contributed by atoms with Crippen LogP contribution in [0.25, 0.3) is 0 Å². The van der Waals surface area contributed by atoms with E-state index in [1.807, 2.05) is 24.3 Å². The van der Waals surface area contributed by atoms with E-state index < -0.39 is 5.60 Å². The van der Waals surface area contributed by atoms with Crippen LogP contribution in [0.5, 0.6) is 0 Å². The highest BCUT2D eigenvalue weighted by Gasteiger charge is 2.22. The van der Waals surface area contributed by atoms with E-state index in [1.165, 1.54) is 13.8 Å². The minimum atomic E-state index is -1.32. The fourth-order valence-electron chi connectivity index (χ4n) is 1.19. The zero-order valence-corrected chi connectivity index (χ0v) is 10.2. The summed E-state index contributed by atoms with van der Waals surface area (Å²) in [5.74, 6) is -0.360. The normalized spacial score (nSPS) is 11.2. The smallest absolute Gasteiger partial charge is 0.251 e. The quantitative estimate of drug-likeness (QED) is 0.844. The van der Waals surface area contributed by atoms with Crippen molar-refractivity contribution in [2.45, 2.75) is 25.9 Å². The summed E-state index contributed by atoms with van der Waals surface area (Å²) < 4.78 is 0. The monoisotopic (exact) mass is 241 g/mol. The molecule has 3 nitrogen and oxygen atoms in total. The maximum absolute atomic E-state index is 11.3. The molecule has 0 radical (unpaired) electrons. The van der Waals surface area contributed by atoms with E-state index in [-0.39, 0.29) is 5.91 Å². The third kappa shape index (κ3) is 4.21. The number of hydrogen-bond acceptors (Lipinski definition) is 2. The van der Waals surface area contributed by atoms with E-state index in [0.29, 0.717) is 11.6 Å². The fourth-order valence-corrected chi connectivity index (χ4v) is 1.31. The van der Waals surface area contributed by atoms with E-state index in [2.05, 4.69) is 5.32 Å². The first kappa shape index (κ1) is 13.0. The molecule has 16 heavy (non-hydrogen) atoms. The second-order valence-corrected chi connectivity index (χ2v) is 4.63. The van der Waals surface area contributed by atoms with Gasteiger partial charge >= 0.3 is 0 Å². The summed E-state index contributed by atoms with van der Waals surface area (Å²) in [5.41, 5.74) is -0.222. The van der Waals surface area contributed by atoms with Crippen molar-refractivity contribution in [1.29, 1.82) is 0 Å². The summed E-state index contributed by atoms with van der Waals surface area (Å²) in [5, 5.41) is 12.8. The van der Waals surface area contributed by atoms with Gasteiger partial charge in [-0.15, -0.1) is 0 Å². The first-order chi connectivity index (χ1) is 7.39. The van der Waals surface area contributed by atoms with Crippen molar-refractivity contribution in [3.05, 3.63) is 34.9 Å². The van der Waals surface area contributed by atoms with Crippen LogP contribution in [0.4, 0.5) is 0 Å². The minimum Gasteiger partial charge on any atom is -0.381 e. The van der Waals surface area contributed by atoms with Gasteiger partial charge in [-0.05, 0) is 38.0 Å². The van der Waals surface area contributed by atoms with Gasteiger partial charge < -0.3 is 10.4 Å². The minimum absolute atomic E-state index is 0.360. The summed E-state index contributed by atoms with van der Waals surface area (Å²) in [6.45, 7) is 3.43. The number of carbonyl (C=O) groups is 1. The molecule has 0 saturated heterocycles. The number of hydrogen-bond donors (Lipinski definition) is 2. The van der Waals surface area contributed by atoms with Gasteiger partial charge in [0.2, 0.25) is 0 Å². The van der Waals surface area contributed by atoms with Crippen LogP contribution in [-0.4, -0.2) is 23.2 Å². The van der Waals surface area contributed by atoms with Crippen LogP contribution in [0.15, 0.2) is 24.3 Å². The number of halogens is 1. The molecule has 2 N–H and O–H groups in total. The zero-order chi connectivity index (χ0) is 12.2. The SMILES string of the molecule is CC(C)(O)C(=O)NCCc1ccc(Cl)cc1. The molecule has 4 heteroatoms. The number of nitrogens with one attached hydrogen (secondary N) is 1. The predicted molar refractivity (Wildman–Crippen MR) is 64.5 cm³/mol. The molecule has 0 saturated carbocycles. The maximum atomic E-state index is 11.3. The summed E-state index contributed by atoms with van der Waals surface area (Å²) in [6.07, 6.45) is 0.721. The van der Waals surface area contributed by atoms with Gasteiger partial charge in [-0.1, -0.05) is 23.7 Å². The number of amides is 1. The molecule has 0 aliphatic carbocycles. The summed E-state index contributed by atoms with van der Waals surface area (Å²) in [6, 6.07) is 7.46. The average molecular weight is 242 g/mol. The lowest BCUT2D eigenvalue weighted by Crippen LogP contribution is -2.42. The second kappa shape index (κ2) is 5.32. The largest absolute Gasteiger partial charge is 0.381 e. The average Bonchev–Trinajstić information content (AvgIpc) is 2.19. The first-order valence-electron chi connectivity index (χ1n) is 5.15. The van der Waals surface area contributed by atoms with Crippen LogP contribution in [0.1, 0.15) is 19.4 Å². The topological polar surface area (TPSA) is 49.3 Å². The van der Waals surface area contributed by atoms with Gasteiger partial charge in [0, 0.05) is 11.6 Å². The third-order valence-corrected chi connectivity index (χ3v) is 2.42. The van der Waals surface area contributed by atoms with Crippen LogP contribution in [0, 0.1) is 0 Å². The van der Waals surface area contributed by atoms with Crippen LogP contribution in [0.2, 0.25) is 5.02 Å². The molecular formula is C12H16ClNO2. The Bertz CT molecular complexity index is 354. The Morgan fingerprint density at radius 2 is 1.94 bits per heavy atom. The van der Waals surface area contributed by atoms with E-state index >= 15 is 0 Å². The van der Waals surface area contributed by atoms with E-state index in [9.17, 15) is 9.90 Å². The van der Waals surface area contributed by atoms with Crippen LogP contribution >= 0.6 is 11.6 Å². The molecule has 88 valence electrons. The summed E-state index contributed by atoms with van der Waals surface area (Å²) >= 11 is 5.75. The maximum Gasteiger partial charge on any atom is 0.251 e. The van der Waals surface area contributed by atoms with Gasteiger partial charge in [-0.25, -0.2) is 0 Å². The molecule has 0 aromatic heterocycles. The number of rotatable bonds is 4. The lowest BCUT2D eigenvalue weighted by atomic mass is 10.1. The van der Waals surface area contributed by atoms with Crippen molar-refractivity contribution in [3.63, 3.8) is 0 Å². The Morgan fingerprint density at radius 1 is 1.38 bits per heavy atom. The van der Waals surface area contributed by atoms with Gasteiger partial charge in [0.1, 0.15) is 5.60 Å². The highest BCUT2D eigenvalue weighted by Crippen LogP contribution is 2.09. The predicted octanol–water partition coefficient (Wildman–Crippen LogP) is 1.77. The second-order valence-electron chi connectivity index (χ2n) is 4.19. The molecule has 0 spiro atoms. The van der Waals surface area contributed by atoms with Gasteiger partial charge in [0.15, 0.2) is 0 Å². The Kier molecular flexibility index (Phi) is 4.33.